The molecule has 31 heavy (non-hydrogen) atoms. The molecular weight excluding hydrogens is 414 g/mol. The summed E-state index contributed by atoms with van der Waals surface area (Å²) in [5.41, 5.74) is 4.99. The fraction of sp³-hybridized carbons (Fsp3) is 0.208. The van der Waals surface area contributed by atoms with Crippen molar-refractivity contribution in [1.29, 1.82) is 0 Å². The van der Waals surface area contributed by atoms with Gasteiger partial charge in [-0.1, -0.05) is 60.1 Å². The SMILES string of the molecule is O=C1CCCN1Cc1ccc(-c2ccccc2CNc2ccc([N+](=O)[O-])cc2Cl)cc1. The van der Waals surface area contributed by atoms with Crippen LogP contribution in [-0.4, -0.2) is 22.3 Å². The number of rotatable bonds is 7. The molecule has 0 saturated carbocycles. The smallest absolute Gasteiger partial charge is 0.271 e. The van der Waals surface area contributed by atoms with E-state index < -0.39 is 4.92 Å². The lowest BCUT2D eigenvalue weighted by Gasteiger charge is -2.16. The van der Waals surface area contributed by atoms with Crippen LogP contribution in [0.15, 0.2) is 66.7 Å². The van der Waals surface area contributed by atoms with Crippen molar-refractivity contribution in [2.75, 3.05) is 11.9 Å². The predicted molar refractivity (Wildman–Crippen MR) is 122 cm³/mol. The van der Waals surface area contributed by atoms with Gasteiger partial charge in [0.05, 0.1) is 15.6 Å². The Morgan fingerprint density at radius 3 is 2.52 bits per heavy atom. The van der Waals surface area contributed by atoms with E-state index in [-0.39, 0.29) is 11.6 Å². The molecule has 0 atom stereocenters. The third-order valence-electron chi connectivity index (χ3n) is 5.46. The van der Waals surface area contributed by atoms with E-state index in [1.165, 1.54) is 12.1 Å². The van der Waals surface area contributed by atoms with E-state index in [0.29, 0.717) is 30.2 Å². The number of amides is 1. The number of halogens is 1. The maximum Gasteiger partial charge on any atom is 0.271 e. The van der Waals surface area contributed by atoms with Crippen LogP contribution >= 0.6 is 11.6 Å². The highest BCUT2D eigenvalue weighted by atomic mass is 35.5. The molecule has 0 aromatic heterocycles. The van der Waals surface area contributed by atoms with Gasteiger partial charge < -0.3 is 10.2 Å². The monoisotopic (exact) mass is 435 g/mol. The maximum absolute atomic E-state index is 11.9. The van der Waals surface area contributed by atoms with Crippen LogP contribution < -0.4 is 5.32 Å². The number of carbonyl (C=O) groups excluding carboxylic acids is 1. The Morgan fingerprint density at radius 2 is 1.84 bits per heavy atom. The summed E-state index contributed by atoms with van der Waals surface area (Å²) in [6.07, 6.45) is 1.59. The van der Waals surface area contributed by atoms with Gasteiger partial charge in [0.15, 0.2) is 0 Å². The van der Waals surface area contributed by atoms with E-state index >= 15 is 0 Å². The van der Waals surface area contributed by atoms with Crippen molar-refractivity contribution >= 4 is 28.9 Å². The van der Waals surface area contributed by atoms with Gasteiger partial charge in [0.1, 0.15) is 0 Å². The number of nitrogens with zero attached hydrogens (tertiary/aromatic N) is 2. The highest BCUT2D eigenvalue weighted by Gasteiger charge is 2.20. The number of nitro benzene ring substituents is 1. The molecule has 1 N–H and O–H groups in total. The second-order valence-corrected chi connectivity index (χ2v) is 7.95. The first kappa shape index (κ1) is 20.9. The first-order valence-corrected chi connectivity index (χ1v) is 10.5. The highest BCUT2D eigenvalue weighted by molar-refractivity contribution is 6.33. The Kier molecular flexibility index (Phi) is 6.18. The summed E-state index contributed by atoms with van der Waals surface area (Å²) in [5.74, 6) is 0.227. The van der Waals surface area contributed by atoms with E-state index in [1.54, 1.807) is 6.07 Å². The molecule has 0 aliphatic carbocycles. The summed E-state index contributed by atoms with van der Waals surface area (Å²) in [6.45, 7) is 2.01. The van der Waals surface area contributed by atoms with Gasteiger partial charge in [-0.2, -0.15) is 0 Å². The molecule has 6 nitrogen and oxygen atoms in total. The molecular formula is C24H22ClN3O3. The number of nitro groups is 1. The predicted octanol–water partition coefficient (Wildman–Crippen LogP) is 5.65. The summed E-state index contributed by atoms with van der Waals surface area (Å²) in [4.78, 5) is 24.2. The quantitative estimate of drug-likeness (QED) is 0.384. The zero-order valence-electron chi connectivity index (χ0n) is 16.9. The van der Waals surface area contributed by atoms with Crippen molar-refractivity contribution in [2.45, 2.75) is 25.9 Å². The van der Waals surface area contributed by atoms with Gasteiger partial charge in [0, 0.05) is 38.2 Å². The van der Waals surface area contributed by atoms with Crippen molar-refractivity contribution in [2.24, 2.45) is 0 Å². The van der Waals surface area contributed by atoms with Crippen LogP contribution in [0.4, 0.5) is 11.4 Å². The number of nitrogens with one attached hydrogen (secondary N) is 1. The highest BCUT2D eigenvalue weighted by Crippen LogP contribution is 2.29. The minimum atomic E-state index is -0.464. The molecule has 4 rings (SSSR count). The van der Waals surface area contributed by atoms with Crippen LogP contribution in [0.3, 0.4) is 0 Å². The molecule has 0 bridgehead atoms. The minimum absolute atomic E-state index is 0.0355. The molecule has 1 heterocycles. The Hall–Kier alpha value is -3.38. The molecule has 0 radical (unpaired) electrons. The van der Waals surface area contributed by atoms with E-state index in [2.05, 4.69) is 35.6 Å². The van der Waals surface area contributed by atoms with Gasteiger partial charge in [-0.25, -0.2) is 0 Å². The van der Waals surface area contributed by atoms with Crippen LogP contribution in [0.1, 0.15) is 24.0 Å². The van der Waals surface area contributed by atoms with Crippen molar-refractivity contribution in [3.8, 4) is 11.1 Å². The molecule has 0 unspecified atom stereocenters. The minimum Gasteiger partial charge on any atom is -0.380 e. The second-order valence-electron chi connectivity index (χ2n) is 7.55. The van der Waals surface area contributed by atoms with Crippen LogP contribution in [-0.2, 0) is 17.9 Å². The van der Waals surface area contributed by atoms with Crippen LogP contribution in [0.25, 0.3) is 11.1 Å². The second kappa shape index (κ2) is 9.18. The molecule has 1 saturated heterocycles. The zero-order chi connectivity index (χ0) is 21.8. The van der Waals surface area contributed by atoms with Crippen molar-refractivity contribution < 1.29 is 9.72 Å². The number of carbonyl (C=O) groups is 1. The largest absolute Gasteiger partial charge is 0.380 e. The van der Waals surface area contributed by atoms with Gasteiger partial charge in [-0.3, -0.25) is 14.9 Å². The fourth-order valence-electron chi connectivity index (χ4n) is 3.79. The van der Waals surface area contributed by atoms with Crippen molar-refractivity contribution in [1.82, 2.24) is 4.90 Å². The number of likely N-dealkylation sites (tertiary alicyclic amines) is 1. The Morgan fingerprint density at radius 1 is 1.06 bits per heavy atom. The summed E-state index contributed by atoms with van der Waals surface area (Å²) in [6, 6.07) is 20.8. The Balaban J connectivity index is 1.48. The first-order chi connectivity index (χ1) is 15.0. The normalized spacial score (nSPS) is 13.5. The number of benzene rings is 3. The van der Waals surface area contributed by atoms with Crippen molar-refractivity contribution in [3.63, 3.8) is 0 Å². The molecule has 7 heteroatoms. The summed E-state index contributed by atoms with van der Waals surface area (Å²) >= 11 is 6.20. The van der Waals surface area contributed by atoms with E-state index in [9.17, 15) is 14.9 Å². The topological polar surface area (TPSA) is 75.5 Å². The molecule has 1 fully saturated rings. The summed E-state index contributed by atoms with van der Waals surface area (Å²) in [7, 11) is 0. The van der Waals surface area contributed by atoms with Crippen LogP contribution in [0.5, 0.6) is 0 Å². The first-order valence-electron chi connectivity index (χ1n) is 10.1. The third kappa shape index (κ3) is 4.86. The Bertz CT molecular complexity index is 1120. The molecule has 1 amide bonds. The summed E-state index contributed by atoms with van der Waals surface area (Å²) in [5, 5.41) is 14.5. The lowest BCUT2D eigenvalue weighted by atomic mass is 9.98. The van der Waals surface area contributed by atoms with Crippen molar-refractivity contribution in [3.05, 3.63) is 93.0 Å². The van der Waals surface area contributed by atoms with E-state index in [1.807, 2.05) is 23.1 Å². The fourth-order valence-corrected chi connectivity index (χ4v) is 4.03. The molecule has 158 valence electrons. The molecule has 1 aliphatic rings. The number of hydrogen-bond donors (Lipinski definition) is 1. The molecule has 3 aromatic carbocycles. The lowest BCUT2D eigenvalue weighted by molar-refractivity contribution is -0.384. The van der Waals surface area contributed by atoms with Gasteiger partial charge in [0.2, 0.25) is 5.91 Å². The van der Waals surface area contributed by atoms with Gasteiger partial charge in [0.25, 0.3) is 5.69 Å². The van der Waals surface area contributed by atoms with Crippen LogP contribution in [0.2, 0.25) is 5.02 Å². The lowest BCUT2D eigenvalue weighted by Crippen LogP contribution is -2.23. The maximum atomic E-state index is 11.9. The van der Waals surface area contributed by atoms with Gasteiger partial charge in [-0.15, -0.1) is 0 Å². The average Bonchev–Trinajstić information content (AvgIpc) is 3.18. The summed E-state index contributed by atoms with van der Waals surface area (Å²) < 4.78 is 0. The van der Waals surface area contributed by atoms with Gasteiger partial charge >= 0.3 is 0 Å². The van der Waals surface area contributed by atoms with Crippen LogP contribution in [0, 0.1) is 10.1 Å². The number of non-ortho nitro benzene ring substituents is 1. The molecule has 3 aromatic rings. The molecule has 0 spiro atoms. The standard InChI is InChI=1S/C24H22ClN3O3/c25-22-14-20(28(30)31)11-12-23(22)26-15-19-4-1-2-5-21(19)18-9-7-17(8-10-18)16-27-13-3-6-24(27)29/h1-2,4-5,7-12,14,26H,3,6,13,15-16H2. The zero-order valence-corrected chi connectivity index (χ0v) is 17.6. The average molecular weight is 436 g/mol. The number of hydrogen-bond acceptors (Lipinski definition) is 4. The van der Waals surface area contributed by atoms with Gasteiger partial charge in [-0.05, 0) is 34.7 Å². The Labute approximate surface area is 185 Å². The number of anilines is 1. The third-order valence-corrected chi connectivity index (χ3v) is 5.77. The van der Waals surface area contributed by atoms with E-state index in [4.69, 9.17) is 11.6 Å². The van der Waals surface area contributed by atoms with E-state index in [0.717, 1.165) is 35.2 Å². The molecule has 1 aliphatic heterocycles.